The third-order valence-corrected chi connectivity index (χ3v) is 6.43. The number of nitrogens with zero attached hydrogens (tertiary/aromatic N) is 1. The van der Waals surface area contributed by atoms with Gasteiger partial charge in [0.25, 0.3) is 0 Å². The van der Waals surface area contributed by atoms with Crippen molar-refractivity contribution in [3.8, 4) is 0 Å². The minimum Gasteiger partial charge on any atom is -0.312 e. The minimum atomic E-state index is -3.58. The van der Waals surface area contributed by atoms with Crippen LogP contribution in [0.5, 0.6) is 0 Å². The number of pyridine rings is 1. The molecule has 5 nitrogen and oxygen atoms in total. The van der Waals surface area contributed by atoms with Gasteiger partial charge in [0.1, 0.15) is 0 Å². The molecule has 30 heavy (non-hydrogen) atoms. The van der Waals surface area contributed by atoms with Crippen molar-refractivity contribution < 1.29 is 8.42 Å². The first kappa shape index (κ1) is 20.2. The van der Waals surface area contributed by atoms with Gasteiger partial charge in [-0.3, -0.25) is 4.98 Å². The number of benzene rings is 3. The van der Waals surface area contributed by atoms with Crippen LogP contribution in [-0.2, 0) is 10.0 Å². The molecule has 4 rings (SSSR count). The van der Waals surface area contributed by atoms with Crippen LogP contribution in [0.1, 0.15) is 5.56 Å². The molecule has 0 atom stereocenters. The number of aromatic nitrogens is 1. The van der Waals surface area contributed by atoms with Gasteiger partial charge in [0, 0.05) is 42.8 Å². The van der Waals surface area contributed by atoms with Crippen molar-refractivity contribution in [1.82, 2.24) is 15.0 Å². The van der Waals surface area contributed by atoms with Gasteiger partial charge in [-0.25, -0.2) is 13.1 Å². The van der Waals surface area contributed by atoms with E-state index >= 15 is 0 Å². The standard InChI is InChI=1S/C24H23N3O2S/c28-30(29,24-12-4-9-21-18-26-15-13-23(21)24)27-17-16-25-14-5-10-20-8-3-7-19-6-1-2-11-22(19)20/h1-13,15,18,25,27H,14,16-17H2/b10-5+. The molecule has 0 bridgehead atoms. The Kier molecular flexibility index (Phi) is 6.18. The van der Waals surface area contributed by atoms with Gasteiger partial charge in [0.2, 0.25) is 10.0 Å². The smallest absolute Gasteiger partial charge is 0.241 e. The molecule has 0 saturated carbocycles. The molecule has 3 aromatic carbocycles. The molecule has 0 unspecified atom stereocenters. The average molecular weight is 418 g/mol. The average Bonchev–Trinajstić information content (AvgIpc) is 2.78. The molecular weight excluding hydrogens is 394 g/mol. The number of nitrogens with one attached hydrogen (secondary N) is 2. The number of rotatable bonds is 8. The highest BCUT2D eigenvalue weighted by Gasteiger charge is 2.16. The fourth-order valence-electron chi connectivity index (χ4n) is 3.45. The Bertz CT molecular complexity index is 1290. The van der Waals surface area contributed by atoms with Gasteiger partial charge < -0.3 is 5.32 Å². The molecule has 0 spiro atoms. The van der Waals surface area contributed by atoms with E-state index in [-0.39, 0.29) is 4.90 Å². The number of fused-ring (bicyclic) bond motifs is 2. The van der Waals surface area contributed by atoms with Crippen molar-refractivity contribution in [2.75, 3.05) is 19.6 Å². The molecule has 0 aliphatic rings. The van der Waals surface area contributed by atoms with E-state index in [9.17, 15) is 8.42 Å². The molecule has 2 N–H and O–H groups in total. The zero-order valence-electron chi connectivity index (χ0n) is 16.5. The normalized spacial score (nSPS) is 12.1. The zero-order chi connectivity index (χ0) is 20.8. The monoisotopic (exact) mass is 417 g/mol. The van der Waals surface area contributed by atoms with Crippen LogP contribution in [0.25, 0.3) is 27.6 Å². The molecule has 0 aliphatic carbocycles. The Morgan fingerprint density at radius 2 is 1.63 bits per heavy atom. The van der Waals surface area contributed by atoms with E-state index in [0.29, 0.717) is 25.0 Å². The van der Waals surface area contributed by atoms with Crippen molar-refractivity contribution >= 4 is 37.6 Å². The summed E-state index contributed by atoms with van der Waals surface area (Å²) in [7, 11) is -3.58. The van der Waals surface area contributed by atoms with Crippen molar-refractivity contribution in [3.63, 3.8) is 0 Å². The van der Waals surface area contributed by atoms with Gasteiger partial charge in [-0.15, -0.1) is 0 Å². The lowest BCUT2D eigenvalue weighted by Gasteiger charge is -2.09. The summed E-state index contributed by atoms with van der Waals surface area (Å²) in [6.45, 7) is 1.50. The van der Waals surface area contributed by atoms with Crippen LogP contribution >= 0.6 is 0 Å². The second-order valence-electron chi connectivity index (χ2n) is 6.93. The van der Waals surface area contributed by atoms with E-state index in [4.69, 9.17) is 0 Å². The van der Waals surface area contributed by atoms with Gasteiger partial charge in [0.05, 0.1) is 4.90 Å². The second kappa shape index (κ2) is 9.17. The van der Waals surface area contributed by atoms with Gasteiger partial charge in [-0.05, 0) is 28.5 Å². The molecular formula is C24H23N3O2S. The Labute approximate surface area is 176 Å². The maximum atomic E-state index is 12.7. The summed E-state index contributed by atoms with van der Waals surface area (Å²) in [5, 5.41) is 7.15. The Hall–Kier alpha value is -3.06. The maximum absolute atomic E-state index is 12.7. The first-order valence-corrected chi connectivity index (χ1v) is 11.3. The summed E-state index contributed by atoms with van der Waals surface area (Å²) >= 11 is 0. The third kappa shape index (κ3) is 4.57. The molecule has 4 aromatic rings. The highest BCUT2D eigenvalue weighted by Crippen LogP contribution is 2.21. The van der Waals surface area contributed by atoms with Crippen LogP contribution in [0.4, 0.5) is 0 Å². The van der Waals surface area contributed by atoms with E-state index in [1.165, 1.54) is 16.3 Å². The Balaban J connectivity index is 1.30. The summed E-state index contributed by atoms with van der Waals surface area (Å²) in [5.74, 6) is 0. The quantitative estimate of drug-likeness (QED) is 0.426. The van der Waals surface area contributed by atoms with Crippen LogP contribution in [0.15, 0.2) is 90.1 Å². The van der Waals surface area contributed by atoms with Gasteiger partial charge in [-0.2, -0.15) is 0 Å². The fourth-order valence-corrected chi connectivity index (χ4v) is 4.71. The summed E-state index contributed by atoms with van der Waals surface area (Å²) < 4.78 is 28.0. The number of sulfonamides is 1. The lowest BCUT2D eigenvalue weighted by molar-refractivity contribution is 0.579. The first-order valence-electron chi connectivity index (χ1n) is 9.82. The Morgan fingerprint density at radius 1 is 0.833 bits per heavy atom. The van der Waals surface area contributed by atoms with Gasteiger partial charge in [-0.1, -0.05) is 66.7 Å². The van der Waals surface area contributed by atoms with Crippen molar-refractivity contribution in [1.29, 1.82) is 0 Å². The van der Waals surface area contributed by atoms with Gasteiger partial charge in [0.15, 0.2) is 0 Å². The summed E-state index contributed by atoms with van der Waals surface area (Å²) in [5.41, 5.74) is 1.17. The lowest BCUT2D eigenvalue weighted by atomic mass is 10.0. The lowest BCUT2D eigenvalue weighted by Crippen LogP contribution is -2.32. The summed E-state index contributed by atoms with van der Waals surface area (Å²) in [6.07, 6.45) is 7.40. The third-order valence-electron chi connectivity index (χ3n) is 4.91. The predicted molar refractivity (Wildman–Crippen MR) is 123 cm³/mol. The van der Waals surface area contributed by atoms with Crippen molar-refractivity contribution in [2.45, 2.75) is 4.90 Å². The van der Waals surface area contributed by atoms with Crippen LogP contribution in [0.2, 0.25) is 0 Å². The van der Waals surface area contributed by atoms with E-state index < -0.39 is 10.0 Å². The highest BCUT2D eigenvalue weighted by molar-refractivity contribution is 7.89. The maximum Gasteiger partial charge on any atom is 0.241 e. The van der Waals surface area contributed by atoms with Crippen LogP contribution in [-0.4, -0.2) is 33.0 Å². The molecule has 152 valence electrons. The molecule has 0 radical (unpaired) electrons. The zero-order valence-corrected chi connectivity index (χ0v) is 17.3. The molecule has 1 heterocycles. The van der Waals surface area contributed by atoms with E-state index in [0.717, 1.165) is 5.39 Å². The first-order chi connectivity index (χ1) is 14.6. The predicted octanol–water partition coefficient (Wildman–Crippen LogP) is 3.97. The SMILES string of the molecule is O=S(=O)(NCCNC/C=C/c1cccc2ccccc12)c1cccc2cnccc12. The van der Waals surface area contributed by atoms with E-state index in [1.807, 2.05) is 30.3 Å². The molecule has 0 saturated heterocycles. The van der Waals surface area contributed by atoms with Crippen LogP contribution in [0.3, 0.4) is 0 Å². The molecule has 0 aliphatic heterocycles. The van der Waals surface area contributed by atoms with Crippen molar-refractivity contribution in [2.24, 2.45) is 0 Å². The summed E-state index contributed by atoms with van der Waals surface area (Å²) in [4.78, 5) is 4.32. The largest absolute Gasteiger partial charge is 0.312 e. The van der Waals surface area contributed by atoms with Crippen LogP contribution < -0.4 is 10.0 Å². The topological polar surface area (TPSA) is 71.1 Å². The highest BCUT2D eigenvalue weighted by atomic mass is 32.2. The van der Waals surface area contributed by atoms with Crippen LogP contribution in [0, 0.1) is 0 Å². The minimum absolute atomic E-state index is 0.276. The Morgan fingerprint density at radius 3 is 2.57 bits per heavy atom. The van der Waals surface area contributed by atoms with E-state index in [2.05, 4.69) is 45.4 Å². The van der Waals surface area contributed by atoms with Gasteiger partial charge >= 0.3 is 0 Å². The van der Waals surface area contributed by atoms with E-state index in [1.54, 1.807) is 30.6 Å². The second-order valence-corrected chi connectivity index (χ2v) is 8.66. The molecule has 1 aromatic heterocycles. The molecule has 6 heteroatoms. The fraction of sp³-hybridized carbons (Fsp3) is 0.125. The summed E-state index contributed by atoms with van der Waals surface area (Å²) in [6, 6.07) is 21.4. The number of hydrogen-bond acceptors (Lipinski definition) is 4. The molecule has 0 fully saturated rings. The number of hydrogen-bond donors (Lipinski definition) is 2. The van der Waals surface area contributed by atoms with Crippen molar-refractivity contribution in [3.05, 3.63) is 90.8 Å². The molecule has 0 amide bonds.